The summed E-state index contributed by atoms with van der Waals surface area (Å²) in [5.74, 6) is -0.542. The van der Waals surface area contributed by atoms with Crippen LogP contribution in [0.2, 0.25) is 10.0 Å². The van der Waals surface area contributed by atoms with E-state index in [1.165, 1.54) is 60.8 Å². The van der Waals surface area contributed by atoms with Gasteiger partial charge in [0.05, 0.1) is 21.8 Å². The van der Waals surface area contributed by atoms with Gasteiger partial charge >= 0.3 is 0 Å². The number of nitrogens with zero attached hydrogens (tertiary/aromatic N) is 1. The number of carbonyl (C=O) groups excluding carboxylic acids is 1. The van der Waals surface area contributed by atoms with Crippen molar-refractivity contribution in [2.75, 3.05) is 4.72 Å². The van der Waals surface area contributed by atoms with Crippen LogP contribution in [0.5, 0.6) is 5.75 Å². The number of aromatic hydroxyl groups is 1. The molecule has 0 unspecified atom stereocenters. The van der Waals surface area contributed by atoms with Crippen LogP contribution in [-0.2, 0) is 10.0 Å². The van der Waals surface area contributed by atoms with Gasteiger partial charge in [0.25, 0.3) is 15.9 Å². The van der Waals surface area contributed by atoms with Crippen molar-refractivity contribution in [3.05, 3.63) is 87.9 Å². The highest BCUT2D eigenvalue weighted by atomic mass is 35.5. The first-order valence-corrected chi connectivity index (χ1v) is 10.7. The van der Waals surface area contributed by atoms with Gasteiger partial charge < -0.3 is 5.11 Å². The van der Waals surface area contributed by atoms with Crippen molar-refractivity contribution in [1.29, 1.82) is 0 Å². The third-order valence-electron chi connectivity index (χ3n) is 3.83. The molecule has 0 atom stereocenters. The summed E-state index contributed by atoms with van der Waals surface area (Å²) in [5, 5.41) is 13.7. The van der Waals surface area contributed by atoms with E-state index in [4.69, 9.17) is 23.2 Å². The molecular weight excluding hydrogens is 449 g/mol. The van der Waals surface area contributed by atoms with E-state index in [2.05, 4.69) is 15.2 Å². The fourth-order valence-corrected chi connectivity index (χ4v) is 3.93. The van der Waals surface area contributed by atoms with Gasteiger partial charge in [0, 0.05) is 10.6 Å². The minimum Gasteiger partial charge on any atom is -0.508 e. The highest BCUT2D eigenvalue weighted by Gasteiger charge is 2.18. The molecule has 7 nitrogen and oxygen atoms in total. The fraction of sp³-hybridized carbons (Fsp3) is 0. The largest absolute Gasteiger partial charge is 0.508 e. The smallest absolute Gasteiger partial charge is 0.271 e. The van der Waals surface area contributed by atoms with Gasteiger partial charge in [0.2, 0.25) is 0 Å². The van der Waals surface area contributed by atoms with Crippen LogP contribution in [0, 0.1) is 0 Å². The minimum atomic E-state index is -4.02. The van der Waals surface area contributed by atoms with Gasteiger partial charge in [0.15, 0.2) is 0 Å². The lowest BCUT2D eigenvalue weighted by atomic mass is 10.2. The van der Waals surface area contributed by atoms with Crippen LogP contribution in [0.25, 0.3) is 0 Å². The Bertz CT molecular complexity index is 1230. The molecule has 0 saturated carbocycles. The Kier molecular flexibility index (Phi) is 6.61. The molecule has 0 aliphatic carbocycles. The fourth-order valence-electron chi connectivity index (χ4n) is 2.42. The number of hydrazone groups is 1. The van der Waals surface area contributed by atoms with E-state index in [0.29, 0.717) is 10.6 Å². The third-order valence-corrected chi connectivity index (χ3v) is 5.76. The molecule has 1 amide bonds. The second-order valence-electron chi connectivity index (χ2n) is 6.05. The molecule has 0 radical (unpaired) electrons. The second-order valence-corrected chi connectivity index (χ2v) is 8.58. The zero-order valence-electron chi connectivity index (χ0n) is 15.2. The van der Waals surface area contributed by atoms with E-state index in [1.54, 1.807) is 12.1 Å². The van der Waals surface area contributed by atoms with Crippen LogP contribution in [0.4, 0.5) is 5.69 Å². The number of phenolic OH excluding ortho intramolecular Hbond substituents is 1. The molecule has 0 fully saturated rings. The number of carbonyl (C=O) groups is 1. The van der Waals surface area contributed by atoms with Crippen molar-refractivity contribution in [2.45, 2.75) is 4.90 Å². The summed E-state index contributed by atoms with van der Waals surface area (Å²) < 4.78 is 27.7. The quantitative estimate of drug-likeness (QED) is 0.374. The molecule has 30 heavy (non-hydrogen) atoms. The monoisotopic (exact) mass is 463 g/mol. The zero-order chi connectivity index (χ0) is 21.7. The van der Waals surface area contributed by atoms with E-state index >= 15 is 0 Å². The van der Waals surface area contributed by atoms with E-state index in [-0.39, 0.29) is 26.9 Å². The number of hydrogen-bond acceptors (Lipinski definition) is 5. The van der Waals surface area contributed by atoms with Crippen molar-refractivity contribution >= 4 is 51.0 Å². The van der Waals surface area contributed by atoms with Gasteiger partial charge in [-0.05, 0) is 54.1 Å². The Labute approximate surface area is 183 Å². The Balaban J connectivity index is 1.76. The van der Waals surface area contributed by atoms with Crippen LogP contribution in [-0.4, -0.2) is 25.6 Å². The first-order chi connectivity index (χ1) is 14.2. The highest BCUT2D eigenvalue weighted by Crippen LogP contribution is 2.28. The summed E-state index contributed by atoms with van der Waals surface area (Å²) in [4.78, 5) is 12.2. The summed E-state index contributed by atoms with van der Waals surface area (Å²) in [6.45, 7) is 0. The number of nitrogens with one attached hydrogen (secondary N) is 2. The maximum Gasteiger partial charge on any atom is 0.271 e. The van der Waals surface area contributed by atoms with E-state index in [9.17, 15) is 18.3 Å². The first-order valence-electron chi connectivity index (χ1n) is 8.45. The molecule has 3 aromatic rings. The van der Waals surface area contributed by atoms with Gasteiger partial charge in [-0.2, -0.15) is 5.10 Å². The average Bonchev–Trinajstić information content (AvgIpc) is 2.71. The maximum absolute atomic E-state index is 12.7. The van der Waals surface area contributed by atoms with Crippen molar-refractivity contribution < 1.29 is 18.3 Å². The molecule has 0 heterocycles. The molecular formula is C20H15Cl2N3O4S. The maximum atomic E-state index is 12.7. The highest BCUT2D eigenvalue weighted by molar-refractivity contribution is 7.92. The van der Waals surface area contributed by atoms with Crippen LogP contribution >= 0.6 is 23.2 Å². The summed E-state index contributed by atoms with van der Waals surface area (Å²) in [7, 11) is -4.02. The van der Waals surface area contributed by atoms with E-state index < -0.39 is 15.9 Å². The SMILES string of the molecule is O=C(N/N=C/c1cccc(O)c1)c1cccc(S(=O)(=O)Nc2cc(Cl)ccc2Cl)c1. The predicted octanol–water partition coefficient (Wildman–Crippen LogP) is 4.26. The van der Waals surface area contributed by atoms with Crippen LogP contribution < -0.4 is 10.1 Å². The topological polar surface area (TPSA) is 108 Å². The minimum absolute atomic E-state index is 0.0653. The molecule has 10 heteroatoms. The van der Waals surface area contributed by atoms with Crippen molar-refractivity contribution in [1.82, 2.24) is 5.43 Å². The first kappa shape index (κ1) is 21.6. The molecule has 0 saturated heterocycles. The van der Waals surface area contributed by atoms with Crippen molar-refractivity contribution in [3.63, 3.8) is 0 Å². The molecule has 154 valence electrons. The average molecular weight is 464 g/mol. The predicted molar refractivity (Wildman–Crippen MR) is 117 cm³/mol. The number of sulfonamides is 1. The van der Waals surface area contributed by atoms with Crippen LogP contribution in [0.3, 0.4) is 0 Å². The summed E-state index contributed by atoms with van der Waals surface area (Å²) in [6.07, 6.45) is 1.35. The number of halogens is 2. The lowest BCUT2D eigenvalue weighted by Crippen LogP contribution is -2.19. The van der Waals surface area contributed by atoms with Crippen LogP contribution in [0.1, 0.15) is 15.9 Å². The Morgan fingerprint density at radius 2 is 1.77 bits per heavy atom. The van der Waals surface area contributed by atoms with Gasteiger partial charge in [0.1, 0.15) is 5.75 Å². The van der Waals surface area contributed by atoms with Crippen LogP contribution in [0.15, 0.2) is 76.7 Å². The molecule has 0 aliphatic heterocycles. The summed E-state index contributed by atoms with van der Waals surface area (Å²) >= 11 is 11.9. The van der Waals surface area contributed by atoms with Gasteiger partial charge in [-0.1, -0.05) is 41.4 Å². The van der Waals surface area contributed by atoms with Gasteiger partial charge in [-0.25, -0.2) is 13.8 Å². The van der Waals surface area contributed by atoms with E-state index in [0.717, 1.165) is 0 Å². The summed E-state index contributed by atoms with van der Waals surface area (Å²) in [5.41, 5.74) is 3.09. The molecule has 0 spiro atoms. The number of hydrogen-bond donors (Lipinski definition) is 3. The number of benzene rings is 3. The Hall–Kier alpha value is -3.07. The van der Waals surface area contributed by atoms with Gasteiger partial charge in [-0.3, -0.25) is 9.52 Å². The number of phenols is 1. The zero-order valence-corrected chi connectivity index (χ0v) is 17.5. The number of anilines is 1. The molecule has 0 aromatic heterocycles. The molecule has 0 aliphatic rings. The third kappa shape index (κ3) is 5.50. The Morgan fingerprint density at radius 3 is 2.53 bits per heavy atom. The summed E-state index contributed by atoms with van der Waals surface area (Å²) in [6, 6.07) is 16.1. The Morgan fingerprint density at radius 1 is 1.00 bits per heavy atom. The molecule has 3 N–H and O–H groups in total. The number of rotatable bonds is 6. The molecule has 3 rings (SSSR count). The van der Waals surface area contributed by atoms with Crippen molar-refractivity contribution in [3.8, 4) is 5.75 Å². The van der Waals surface area contributed by atoms with Crippen molar-refractivity contribution in [2.24, 2.45) is 5.10 Å². The van der Waals surface area contributed by atoms with E-state index in [1.807, 2.05) is 0 Å². The molecule has 0 bridgehead atoms. The second kappa shape index (κ2) is 9.17. The normalized spacial score (nSPS) is 11.4. The van der Waals surface area contributed by atoms with Gasteiger partial charge in [-0.15, -0.1) is 0 Å². The lowest BCUT2D eigenvalue weighted by Gasteiger charge is -2.11. The number of amides is 1. The lowest BCUT2D eigenvalue weighted by molar-refractivity contribution is 0.0955. The molecule has 3 aromatic carbocycles. The standard InChI is InChI=1S/C20H15Cl2N3O4S/c21-15-7-8-18(22)19(11-15)25-30(28,29)17-6-2-4-14(10-17)20(27)24-23-12-13-3-1-5-16(26)9-13/h1-12,25-26H,(H,24,27)/b23-12+.